The third-order valence-electron chi connectivity index (χ3n) is 5.10. The summed E-state index contributed by atoms with van der Waals surface area (Å²) in [5, 5.41) is 3.32. The van der Waals surface area contributed by atoms with Crippen molar-refractivity contribution in [3.8, 4) is 11.5 Å². The maximum atomic E-state index is 14.0. The van der Waals surface area contributed by atoms with Gasteiger partial charge in [0.15, 0.2) is 0 Å². The van der Waals surface area contributed by atoms with Crippen LogP contribution in [0.25, 0.3) is 0 Å². The maximum absolute atomic E-state index is 14.0. The van der Waals surface area contributed by atoms with Crippen LogP contribution in [-0.2, 0) is 11.2 Å². The van der Waals surface area contributed by atoms with Crippen LogP contribution >= 0.6 is 0 Å². The molecule has 3 rings (SSSR count). The molecule has 1 atom stereocenters. The van der Waals surface area contributed by atoms with Crippen LogP contribution in [-0.4, -0.2) is 54.3 Å². The van der Waals surface area contributed by atoms with E-state index < -0.39 is 29.7 Å². The number of amides is 4. The van der Waals surface area contributed by atoms with Crippen molar-refractivity contribution in [2.45, 2.75) is 38.2 Å². The van der Waals surface area contributed by atoms with Crippen molar-refractivity contribution in [3.63, 3.8) is 0 Å². The van der Waals surface area contributed by atoms with Crippen molar-refractivity contribution >= 4 is 17.8 Å². The first kappa shape index (κ1) is 24.9. The van der Waals surface area contributed by atoms with E-state index in [1.54, 1.807) is 48.7 Å². The number of nitrogens with one attached hydrogen (secondary N) is 2. The highest BCUT2D eigenvalue weighted by atomic mass is 19.4. The molecule has 1 fully saturated rings. The summed E-state index contributed by atoms with van der Waals surface area (Å²) in [7, 11) is 1.49. The number of nitrogens with zero attached hydrogens (tertiary/aromatic N) is 1. The fourth-order valence-electron chi connectivity index (χ4n) is 3.36. The lowest BCUT2D eigenvalue weighted by Gasteiger charge is -2.30. The highest BCUT2D eigenvalue weighted by Crippen LogP contribution is 2.34. The summed E-state index contributed by atoms with van der Waals surface area (Å²) >= 11 is 0. The van der Waals surface area contributed by atoms with E-state index in [2.05, 4.69) is 0 Å². The quantitative estimate of drug-likeness (QED) is 0.567. The molecule has 4 amide bonds. The summed E-state index contributed by atoms with van der Waals surface area (Å²) in [6.45, 7) is 3.27. The van der Waals surface area contributed by atoms with Gasteiger partial charge >= 0.3 is 12.2 Å². The maximum Gasteiger partial charge on any atom is 0.440 e. The average Bonchev–Trinajstić information content (AvgIpc) is 3.02. The smallest absolute Gasteiger partial charge is 0.440 e. The van der Waals surface area contributed by atoms with Crippen molar-refractivity contribution < 1.29 is 37.0 Å². The van der Waals surface area contributed by atoms with E-state index in [1.165, 1.54) is 31.4 Å². The number of imide groups is 1. The Morgan fingerprint density at radius 1 is 1.06 bits per heavy atom. The molecule has 0 unspecified atom stereocenters. The van der Waals surface area contributed by atoms with Gasteiger partial charge in [0, 0.05) is 12.1 Å². The molecule has 0 bridgehead atoms. The van der Waals surface area contributed by atoms with Crippen molar-refractivity contribution in [1.82, 2.24) is 15.5 Å². The molecule has 0 saturated carbocycles. The minimum atomic E-state index is -5.29. The number of methoxy groups -OCH3 is 1. The predicted octanol–water partition coefficient (Wildman–Crippen LogP) is 3.27. The fraction of sp³-hybridized carbons (Fsp3) is 0.348. The van der Waals surface area contributed by atoms with E-state index in [0.29, 0.717) is 22.0 Å². The van der Waals surface area contributed by atoms with Crippen LogP contribution in [0.2, 0.25) is 0 Å². The Morgan fingerprint density at radius 2 is 1.65 bits per heavy atom. The molecular weight excluding hydrogens is 455 g/mol. The number of urea groups is 1. The summed E-state index contributed by atoms with van der Waals surface area (Å²) < 4.78 is 52.6. The first-order valence-electron chi connectivity index (χ1n) is 10.4. The van der Waals surface area contributed by atoms with E-state index in [0.717, 1.165) is 0 Å². The zero-order chi connectivity index (χ0) is 25.1. The van der Waals surface area contributed by atoms with Crippen molar-refractivity contribution in [3.05, 3.63) is 59.7 Å². The third-order valence-corrected chi connectivity index (χ3v) is 5.10. The number of hydrogen-bond donors (Lipinski definition) is 2. The SMILES string of the molecule is COc1ccc(CCN2C(=O)N[C@@](NC(=O)c3ccc(OC(C)C)cc3)(C(F)(F)F)C2=O)cc1. The summed E-state index contributed by atoms with van der Waals surface area (Å²) in [4.78, 5) is 38.2. The molecule has 34 heavy (non-hydrogen) atoms. The van der Waals surface area contributed by atoms with Crippen LogP contribution in [0.1, 0.15) is 29.8 Å². The molecule has 2 aromatic carbocycles. The lowest BCUT2D eigenvalue weighted by molar-refractivity contribution is -0.200. The highest BCUT2D eigenvalue weighted by molar-refractivity contribution is 6.10. The van der Waals surface area contributed by atoms with Crippen molar-refractivity contribution in [1.29, 1.82) is 0 Å². The molecule has 2 N–H and O–H groups in total. The van der Waals surface area contributed by atoms with Crippen LogP contribution in [0.5, 0.6) is 11.5 Å². The minimum Gasteiger partial charge on any atom is -0.497 e. The molecule has 2 aromatic rings. The van der Waals surface area contributed by atoms with Gasteiger partial charge in [0.1, 0.15) is 11.5 Å². The minimum absolute atomic E-state index is 0.113. The number of carbonyl (C=O) groups is 3. The normalized spacial score (nSPS) is 18.1. The van der Waals surface area contributed by atoms with E-state index in [4.69, 9.17) is 9.47 Å². The second kappa shape index (κ2) is 9.62. The first-order valence-corrected chi connectivity index (χ1v) is 10.4. The summed E-state index contributed by atoms with van der Waals surface area (Å²) in [5.74, 6) is -1.78. The molecule has 1 aliphatic rings. The molecule has 11 heteroatoms. The van der Waals surface area contributed by atoms with E-state index in [-0.39, 0.29) is 24.6 Å². The summed E-state index contributed by atoms with van der Waals surface area (Å²) in [6.07, 6.45) is -5.31. The predicted molar refractivity (Wildman–Crippen MR) is 115 cm³/mol. The monoisotopic (exact) mass is 479 g/mol. The highest BCUT2D eigenvalue weighted by Gasteiger charge is 2.68. The zero-order valence-electron chi connectivity index (χ0n) is 18.7. The van der Waals surface area contributed by atoms with E-state index >= 15 is 0 Å². The van der Waals surface area contributed by atoms with Gasteiger partial charge in [-0.05, 0) is 62.2 Å². The number of rotatable bonds is 8. The second-order valence-electron chi connectivity index (χ2n) is 7.88. The molecular formula is C23H24F3N3O5. The Kier molecular flexibility index (Phi) is 7.04. The molecule has 1 heterocycles. The Hall–Kier alpha value is -3.76. The number of halogens is 3. The van der Waals surface area contributed by atoms with Gasteiger partial charge in [0.05, 0.1) is 13.2 Å². The van der Waals surface area contributed by atoms with Gasteiger partial charge in [-0.2, -0.15) is 13.2 Å². The first-order chi connectivity index (χ1) is 16.0. The molecule has 1 aliphatic heterocycles. The van der Waals surface area contributed by atoms with Crippen LogP contribution in [0.15, 0.2) is 48.5 Å². The number of alkyl halides is 3. The molecule has 0 aliphatic carbocycles. The van der Waals surface area contributed by atoms with Crippen molar-refractivity contribution in [2.24, 2.45) is 0 Å². The average molecular weight is 479 g/mol. The summed E-state index contributed by atoms with van der Waals surface area (Å²) in [6, 6.07) is 10.8. The Balaban J connectivity index is 1.77. The number of ether oxygens (including phenoxy) is 2. The zero-order valence-corrected chi connectivity index (χ0v) is 18.7. The molecule has 1 saturated heterocycles. The Bertz CT molecular complexity index is 1060. The van der Waals surface area contributed by atoms with Crippen LogP contribution in [0.4, 0.5) is 18.0 Å². The third kappa shape index (κ3) is 5.08. The standard InChI is InChI=1S/C23H24F3N3O5/c1-14(2)34-18-10-6-16(7-11-18)19(30)27-22(23(24,25)26)20(31)29(21(32)28-22)13-12-15-4-8-17(33-3)9-5-15/h4-11,14H,12-13H2,1-3H3,(H,27,30)(H,28,32)/t22-/m1/s1. The molecule has 0 radical (unpaired) electrons. The van der Waals surface area contributed by atoms with Gasteiger partial charge in [0.25, 0.3) is 17.5 Å². The lowest BCUT2D eigenvalue weighted by atomic mass is 10.1. The van der Waals surface area contributed by atoms with Crippen LogP contribution in [0, 0.1) is 0 Å². The second-order valence-corrected chi connectivity index (χ2v) is 7.88. The van der Waals surface area contributed by atoms with Gasteiger partial charge in [0.2, 0.25) is 0 Å². The van der Waals surface area contributed by atoms with Crippen LogP contribution < -0.4 is 20.1 Å². The Morgan fingerprint density at radius 3 is 2.18 bits per heavy atom. The Labute approximate surface area is 194 Å². The number of hydrogen-bond acceptors (Lipinski definition) is 5. The molecule has 0 spiro atoms. The van der Waals surface area contributed by atoms with Crippen molar-refractivity contribution in [2.75, 3.05) is 13.7 Å². The van der Waals surface area contributed by atoms with Gasteiger partial charge in [-0.3, -0.25) is 19.8 Å². The fourth-order valence-corrected chi connectivity index (χ4v) is 3.36. The van der Waals surface area contributed by atoms with Crippen LogP contribution in [0.3, 0.4) is 0 Å². The van der Waals surface area contributed by atoms with Gasteiger partial charge in [-0.15, -0.1) is 0 Å². The van der Waals surface area contributed by atoms with Gasteiger partial charge in [-0.25, -0.2) is 4.79 Å². The number of carbonyl (C=O) groups excluding carboxylic acids is 3. The largest absolute Gasteiger partial charge is 0.497 e. The van der Waals surface area contributed by atoms with Gasteiger partial charge in [-0.1, -0.05) is 12.1 Å². The molecule has 182 valence electrons. The molecule has 0 aromatic heterocycles. The molecule has 8 nitrogen and oxygen atoms in total. The van der Waals surface area contributed by atoms with E-state index in [1.807, 2.05) is 0 Å². The summed E-state index contributed by atoms with van der Waals surface area (Å²) in [5.41, 5.74) is -3.04. The van der Waals surface area contributed by atoms with E-state index in [9.17, 15) is 27.6 Å². The van der Waals surface area contributed by atoms with Gasteiger partial charge < -0.3 is 14.8 Å². The topological polar surface area (TPSA) is 97.0 Å². The number of benzene rings is 2. The lowest BCUT2D eigenvalue weighted by Crippen LogP contribution is -2.69.